The second-order valence-corrected chi connectivity index (χ2v) is 4.73. The molecule has 6 nitrogen and oxygen atoms in total. The molecule has 2 N–H and O–H groups in total. The van der Waals surface area contributed by atoms with Crippen LogP contribution in [0.15, 0.2) is 30.3 Å². The molecule has 17 heavy (non-hydrogen) atoms. The topological polar surface area (TPSA) is 84.5 Å². The fourth-order valence-corrected chi connectivity index (χ4v) is 1.42. The molecule has 0 aromatic heterocycles. The van der Waals surface area contributed by atoms with E-state index in [9.17, 15) is 13.2 Å². The minimum Gasteiger partial charge on any atom is -0.350 e. The minimum atomic E-state index is -3.81. The van der Waals surface area contributed by atoms with Crippen LogP contribution in [-0.4, -0.2) is 28.0 Å². The number of benzene rings is 1. The van der Waals surface area contributed by atoms with Gasteiger partial charge >= 0.3 is 10.3 Å². The Balaban J connectivity index is 2.32. The van der Waals surface area contributed by atoms with Crippen molar-refractivity contribution < 1.29 is 17.4 Å². The van der Waals surface area contributed by atoms with Crippen LogP contribution in [0, 0.1) is 0 Å². The van der Waals surface area contributed by atoms with Crippen molar-refractivity contribution in [1.29, 1.82) is 0 Å². The molecule has 0 saturated heterocycles. The van der Waals surface area contributed by atoms with Crippen LogP contribution in [0.2, 0.25) is 0 Å². The molecule has 0 aliphatic rings. The van der Waals surface area contributed by atoms with Gasteiger partial charge in [-0.3, -0.25) is 4.79 Å². The van der Waals surface area contributed by atoms with Crippen molar-refractivity contribution in [2.24, 2.45) is 0 Å². The summed E-state index contributed by atoms with van der Waals surface area (Å²) in [5, 5.41) is 2.54. The lowest BCUT2D eigenvalue weighted by molar-refractivity contribution is -0.123. The molecule has 7 heteroatoms. The van der Waals surface area contributed by atoms with Crippen LogP contribution in [-0.2, 0) is 25.8 Å². The molecule has 1 aromatic rings. The molecule has 0 aliphatic heterocycles. The number of carbonyl (C=O) groups excluding carboxylic acids is 1. The zero-order valence-corrected chi connectivity index (χ0v) is 10.2. The highest BCUT2D eigenvalue weighted by Gasteiger charge is 2.10. The van der Waals surface area contributed by atoms with Crippen LogP contribution in [0.25, 0.3) is 0 Å². The van der Waals surface area contributed by atoms with Gasteiger partial charge in [0.15, 0.2) is 0 Å². The van der Waals surface area contributed by atoms with Crippen LogP contribution >= 0.6 is 0 Å². The third-order valence-corrected chi connectivity index (χ3v) is 2.86. The van der Waals surface area contributed by atoms with E-state index in [2.05, 4.69) is 9.50 Å². The fraction of sp³-hybridized carbons (Fsp3) is 0.300. The summed E-state index contributed by atoms with van der Waals surface area (Å²) in [5.74, 6) is -0.493. The number of hydrogen-bond acceptors (Lipinski definition) is 4. The van der Waals surface area contributed by atoms with Gasteiger partial charge in [0.1, 0.15) is 6.61 Å². The van der Waals surface area contributed by atoms with E-state index in [0.29, 0.717) is 6.54 Å². The minimum absolute atomic E-state index is 0.336. The van der Waals surface area contributed by atoms with Gasteiger partial charge in [0.2, 0.25) is 5.91 Å². The van der Waals surface area contributed by atoms with Gasteiger partial charge < -0.3 is 5.32 Å². The summed E-state index contributed by atoms with van der Waals surface area (Å²) in [5.41, 5.74) is 0.928. The molecule has 0 atom stereocenters. The first-order chi connectivity index (χ1) is 8.03. The van der Waals surface area contributed by atoms with E-state index in [1.54, 1.807) is 0 Å². The second kappa shape index (κ2) is 6.33. The average Bonchev–Trinajstić information content (AvgIpc) is 2.35. The number of rotatable bonds is 6. The van der Waals surface area contributed by atoms with Crippen molar-refractivity contribution in [2.75, 3.05) is 13.7 Å². The molecule has 1 amide bonds. The summed E-state index contributed by atoms with van der Waals surface area (Å²) >= 11 is 0. The van der Waals surface area contributed by atoms with E-state index >= 15 is 0 Å². The first-order valence-corrected chi connectivity index (χ1v) is 6.33. The van der Waals surface area contributed by atoms with Crippen LogP contribution in [0.5, 0.6) is 0 Å². The molecular weight excluding hydrogens is 244 g/mol. The van der Waals surface area contributed by atoms with Crippen molar-refractivity contribution >= 4 is 16.2 Å². The highest BCUT2D eigenvalue weighted by molar-refractivity contribution is 7.84. The highest BCUT2D eigenvalue weighted by Crippen LogP contribution is 1.97. The zero-order chi connectivity index (χ0) is 12.7. The predicted octanol–water partition coefficient (Wildman–Crippen LogP) is -0.216. The first kappa shape index (κ1) is 13.6. The third kappa shape index (κ3) is 5.43. The molecule has 0 spiro atoms. The van der Waals surface area contributed by atoms with Crippen molar-refractivity contribution in [1.82, 2.24) is 10.0 Å². The largest absolute Gasteiger partial charge is 0.350 e. The Kier molecular flexibility index (Phi) is 5.08. The number of carbonyl (C=O) groups is 1. The first-order valence-electron chi connectivity index (χ1n) is 4.92. The van der Waals surface area contributed by atoms with E-state index < -0.39 is 22.8 Å². The van der Waals surface area contributed by atoms with E-state index in [-0.39, 0.29) is 0 Å². The van der Waals surface area contributed by atoms with Gasteiger partial charge in [0, 0.05) is 13.6 Å². The Morgan fingerprint density at radius 3 is 2.53 bits per heavy atom. The van der Waals surface area contributed by atoms with Crippen molar-refractivity contribution in [3.8, 4) is 0 Å². The lowest BCUT2D eigenvalue weighted by atomic mass is 10.2. The Morgan fingerprint density at radius 1 is 1.29 bits per heavy atom. The Labute approximate surface area is 100 Å². The molecule has 0 saturated carbocycles. The van der Waals surface area contributed by atoms with Crippen molar-refractivity contribution in [2.45, 2.75) is 6.54 Å². The third-order valence-electron chi connectivity index (χ3n) is 1.93. The van der Waals surface area contributed by atoms with Crippen LogP contribution in [0.1, 0.15) is 5.56 Å². The van der Waals surface area contributed by atoms with E-state index in [1.807, 2.05) is 35.1 Å². The molecule has 0 aliphatic carbocycles. The molecule has 1 aromatic carbocycles. The van der Waals surface area contributed by atoms with Crippen LogP contribution in [0.3, 0.4) is 0 Å². The molecule has 1 rings (SSSR count). The average molecular weight is 258 g/mol. The monoisotopic (exact) mass is 258 g/mol. The summed E-state index contributed by atoms with van der Waals surface area (Å²) < 4.78 is 28.0. The summed E-state index contributed by atoms with van der Waals surface area (Å²) in [7, 11) is -2.60. The number of nitrogens with one attached hydrogen (secondary N) is 2. The number of amides is 1. The summed E-state index contributed by atoms with van der Waals surface area (Å²) in [6.07, 6.45) is 0. The van der Waals surface area contributed by atoms with E-state index in [4.69, 9.17) is 0 Å². The Bertz CT molecular complexity index is 458. The lowest BCUT2D eigenvalue weighted by Crippen LogP contribution is -2.31. The molecule has 0 fully saturated rings. The predicted molar refractivity (Wildman–Crippen MR) is 62.2 cm³/mol. The highest BCUT2D eigenvalue weighted by atomic mass is 32.2. The van der Waals surface area contributed by atoms with Crippen molar-refractivity contribution in [3.63, 3.8) is 0 Å². The standard InChI is InChI=1S/C10H14N2O4S/c1-11-17(14,15)16-8-10(13)12-7-9-5-3-2-4-6-9/h2-6,11H,7-8H2,1H3,(H,12,13). The van der Waals surface area contributed by atoms with Gasteiger partial charge in [-0.15, -0.1) is 0 Å². The molecule has 0 radical (unpaired) electrons. The van der Waals surface area contributed by atoms with E-state index in [0.717, 1.165) is 5.56 Å². The summed E-state index contributed by atoms with van der Waals surface area (Å²) in [6, 6.07) is 9.28. The molecule has 0 heterocycles. The maximum atomic E-state index is 11.3. The quantitative estimate of drug-likeness (QED) is 0.739. The molecular formula is C10H14N2O4S. The van der Waals surface area contributed by atoms with E-state index in [1.165, 1.54) is 7.05 Å². The molecule has 0 unspecified atom stereocenters. The Morgan fingerprint density at radius 2 is 1.94 bits per heavy atom. The van der Waals surface area contributed by atoms with Crippen LogP contribution < -0.4 is 10.0 Å². The molecule has 94 valence electrons. The van der Waals surface area contributed by atoms with Gasteiger partial charge in [-0.1, -0.05) is 30.3 Å². The Hall–Kier alpha value is -1.44. The summed E-state index contributed by atoms with van der Waals surface area (Å²) in [6.45, 7) is -0.196. The maximum Gasteiger partial charge on any atom is 0.336 e. The van der Waals surface area contributed by atoms with Gasteiger partial charge in [-0.05, 0) is 5.56 Å². The van der Waals surface area contributed by atoms with Crippen molar-refractivity contribution in [3.05, 3.63) is 35.9 Å². The smallest absolute Gasteiger partial charge is 0.336 e. The van der Waals surface area contributed by atoms with Gasteiger partial charge in [0.05, 0.1) is 0 Å². The van der Waals surface area contributed by atoms with Gasteiger partial charge in [0.25, 0.3) is 0 Å². The normalized spacial score (nSPS) is 11.1. The lowest BCUT2D eigenvalue weighted by Gasteiger charge is -2.05. The maximum absolute atomic E-state index is 11.3. The number of hydrogen-bond donors (Lipinski definition) is 2. The van der Waals surface area contributed by atoms with Gasteiger partial charge in [-0.2, -0.15) is 13.1 Å². The van der Waals surface area contributed by atoms with Gasteiger partial charge in [-0.25, -0.2) is 4.18 Å². The fourth-order valence-electron chi connectivity index (χ4n) is 1.04. The zero-order valence-electron chi connectivity index (χ0n) is 9.34. The SMILES string of the molecule is CNS(=O)(=O)OCC(=O)NCc1ccccc1. The molecule has 0 bridgehead atoms. The second-order valence-electron chi connectivity index (χ2n) is 3.18. The van der Waals surface area contributed by atoms with Crippen LogP contribution in [0.4, 0.5) is 0 Å². The summed E-state index contributed by atoms with van der Waals surface area (Å²) in [4.78, 5) is 11.3.